The molecular formula is C29H34F3N3O7. The lowest BCUT2D eigenvalue weighted by Crippen LogP contribution is -2.74. The fraction of sp³-hybridized carbons (Fsp3) is 0.621. The molecule has 5 rings (SSSR count). The highest BCUT2D eigenvalue weighted by molar-refractivity contribution is 6.32. The average molecular weight is 594 g/mol. The molecule has 1 amide bonds. The average Bonchev–Trinajstić information content (AvgIpc) is 3.38. The quantitative estimate of drug-likeness (QED) is 0.354. The molecule has 0 aliphatic heterocycles. The van der Waals surface area contributed by atoms with Crippen LogP contribution in [-0.4, -0.2) is 76.4 Å². The standard InChI is InChI=1S/C29H34F3N3O7/c1-35(2)22-16-8-13-7-15-19(23(37)18(13)25(39)28(16,42)26(40)20(24(22)38)27(33)41)17(36)9-14(21(15)29(30,31)32)11-34-10-12-5-3-4-6-12/h9,12-13,16,18,20,22,34,36,42H,3-8,10-11H2,1-2H3,(H2,33,41)/t13-,16-,18?,20?,22-,28-/m0/s1. The summed E-state index contributed by atoms with van der Waals surface area (Å²) in [6.45, 7) is 0.309. The van der Waals surface area contributed by atoms with E-state index in [1.807, 2.05) is 0 Å². The number of phenols is 1. The number of alkyl halides is 3. The van der Waals surface area contributed by atoms with E-state index in [-0.39, 0.29) is 18.5 Å². The number of ketones is 4. The van der Waals surface area contributed by atoms with Crippen molar-refractivity contribution in [3.63, 3.8) is 0 Å². The first-order valence-corrected chi connectivity index (χ1v) is 14.1. The molecule has 5 N–H and O–H groups in total. The van der Waals surface area contributed by atoms with Crippen LogP contribution >= 0.6 is 0 Å². The van der Waals surface area contributed by atoms with Crippen LogP contribution < -0.4 is 11.1 Å². The predicted octanol–water partition coefficient (Wildman–Crippen LogP) is 1.17. The number of fused-ring (bicyclic) bond motifs is 3. The Labute approximate surface area is 239 Å². The molecule has 228 valence electrons. The highest BCUT2D eigenvalue weighted by Crippen LogP contribution is 2.52. The van der Waals surface area contributed by atoms with Gasteiger partial charge in [-0.2, -0.15) is 13.2 Å². The summed E-state index contributed by atoms with van der Waals surface area (Å²) in [4.78, 5) is 67.4. The van der Waals surface area contributed by atoms with E-state index in [1.54, 1.807) is 0 Å². The van der Waals surface area contributed by atoms with E-state index >= 15 is 0 Å². The van der Waals surface area contributed by atoms with Crippen LogP contribution in [0, 0.1) is 29.6 Å². The Kier molecular flexibility index (Phi) is 7.60. The molecule has 6 atom stereocenters. The molecule has 3 saturated carbocycles. The number of Topliss-reactive ketones (excluding diaryl/α,β-unsaturated/α-hetero) is 4. The Morgan fingerprint density at radius 2 is 1.79 bits per heavy atom. The van der Waals surface area contributed by atoms with Crippen molar-refractivity contribution in [1.29, 1.82) is 0 Å². The number of aliphatic hydroxyl groups is 1. The minimum Gasteiger partial charge on any atom is -0.507 e. The Balaban J connectivity index is 1.58. The van der Waals surface area contributed by atoms with Crippen LogP contribution in [-0.2, 0) is 38.3 Å². The molecule has 4 aliphatic rings. The van der Waals surface area contributed by atoms with Gasteiger partial charge in [0, 0.05) is 12.5 Å². The number of nitrogens with one attached hydrogen (secondary N) is 1. The maximum atomic E-state index is 14.6. The van der Waals surface area contributed by atoms with E-state index in [2.05, 4.69) is 5.32 Å². The highest BCUT2D eigenvalue weighted by Gasteiger charge is 2.69. The van der Waals surface area contributed by atoms with Crippen molar-refractivity contribution in [3.8, 4) is 5.75 Å². The molecule has 0 spiro atoms. The molecule has 3 fully saturated rings. The van der Waals surface area contributed by atoms with Crippen LogP contribution in [0.5, 0.6) is 5.75 Å². The van der Waals surface area contributed by atoms with Gasteiger partial charge in [-0.3, -0.25) is 28.9 Å². The molecule has 1 aromatic rings. The van der Waals surface area contributed by atoms with Crippen LogP contribution in [0.2, 0.25) is 0 Å². The van der Waals surface area contributed by atoms with Crippen molar-refractivity contribution in [2.75, 3.05) is 20.6 Å². The second kappa shape index (κ2) is 10.5. The molecule has 0 radical (unpaired) electrons. The molecule has 2 unspecified atom stereocenters. The number of likely N-dealkylation sites (N-methyl/N-ethyl adjacent to an activating group) is 1. The number of carbonyl (C=O) groups excluding carboxylic acids is 5. The lowest BCUT2D eigenvalue weighted by Gasteiger charge is -2.52. The van der Waals surface area contributed by atoms with Gasteiger partial charge in [0.25, 0.3) is 0 Å². The molecule has 0 aromatic heterocycles. The van der Waals surface area contributed by atoms with Crippen molar-refractivity contribution < 1.29 is 47.4 Å². The number of rotatable bonds is 6. The number of nitrogens with two attached hydrogens (primary N) is 1. The zero-order valence-electron chi connectivity index (χ0n) is 23.3. The highest BCUT2D eigenvalue weighted by atomic mass is 19.4. The van der Waals surface area contributed by atoms with E-state index in [1.165, 1.54) is 19.0 Å². The van der Waals surface area contributed by atoms with E-state index in [9.17, 15) is 47.4 Å². The summed E-state index contributed by atoms with van der Waals surface area (Å²) in [5.41, 5.74) is -0.0788. The molecule has 13 heteroatoms. The van der Waals surface area contributed by atoms with Crippen LogP contribution in [0.15, 0.2) is 6.07 Å². The van der Waals surface area contributed by atoms with Crippen molar-refractivity contribution in [1.82, 2.24) is 10.2 Å². The van der Waals surface area contributed by atoms with Gasteiger partial charge in [-0.15, -0.1) is 0 Å². The van der Waals surface area contributed by atoms with E-state index < -0.39 is 99.4 Å². The molecular weight excluding hydrogens is 559 g/mol. The summed E-state index contributed by atoms with van der Waals surface area (Å²) in [6.07, 6.45) is -1.59. The van der Waals surface area contributed by atoms with Crippen molar-refractivity contribution in [2.45, 2.75) is 62.9 Å². The number of primary amides is 1. The van der Waals surface area contributed by atoms with Gasteiger partial charge in [-0.25, -0.2) is 0 Å². The molecule has 4 aliphatic carbocycles. The van der Waals surface area contributed by atoms with Crippen molar-refractivity contribution in [2.24, 2.45) is 35.3 Å². The first-order valence-electron chi connectivity index (χ1n) is 14.1. The van der Waals surface area contributed by atoms with Gasteiger partial charge in [-0.1, -0.05) is 12.8 Å². The molecule has 1 aromatic carbocycles. The second-order valence-electron chi connectivity index (χ2n) is 12.4. The van der Waals surface area contributed by atoms with Gasteiger partial charge in [0.05, 0.1) is 23.1 Å². The van der Waals surface area contributed by atoms with E-state index in [0.29, 0.717) is 12.5 Å². The van der Waals surface area contributed by atoms with Gasteiger partial charge in [0.1, 0.15) is 5.75 Å². The predicted molar refractivity (Wildman–Crippen MR) is 140 cm³/mol. The summed E-state index contributed by atoms with van der Waals surface area (Å²) in [5.74, 6) is -13.0. The van der Waals surface area contributed by atoms with Crippen LogP contribution in [0.1, 0.15) is 59.2 Å². The van der Waals surface area contributed by atoms with Crippen LogP contribution in [0.3, 0.4) is 0 Å². The number of phenolic OH excluding ortho intramolecular Hbond substituents is 1. The number of amides is 1. The minimum atomic E-state index is -4.90. The number of carbonyl (C=O) groups is 5. The Bertz CT molecular complexity index is 1370. The van der Waals surface area contributed by atoms with Gasteiger partial charge < -0.3 is 21.3 Å². The fourth-order valence-electron chi connectivity index (χ4n) is 7.86. The second-order valence-corrected chi connectivity index (χ2v) is 12.4. The van der Waals surface area contributed by atoms with Crippen LogP contribution in [0.4, 0.5) is 13.2 Å². The normalized spacial score (nSPS) is 31.7. The monoisotopic (exact) mass is 593 g/mol. The summed E-state index contributed by atoms with van der Waals surface area (Å²) in [5, 5.41) is 25.5. The molecule has 10 nitrogen and oxygen atoms in total. The lowest BCUT2D eigenvalue weighted by molar-refractivity contribution is -0.181. The number of halogens is 3. The van der Waals surface area contributed by atoms with Gasteiger partial charge in [0.2, 0.25) is 5.91 Å². The fourth-order valence-corrected chi connectivity index (χ4v) is 7.86. The number of aromatic hydroxyl groups is 1. The zero-order valence-corrected chi connectivity index (χ0v) is 23.3. The first-order chi connectivity index (χ1) is 19.6. The zero-order chi connectivity index (χ0) is 30.9. The van der Waals surface area contributed by atoms with E-state index in [4.69, 9.17) is 5.73 Å². The molecule has 42 heavy (non-hydrogen) atoms. The summed E-state index contributed by atoms with van der Waals surface area (Å²) in [7, 11) is 2.86. The molecule has 0 saturated heterocycles. The number of hydrogen-bond donors (Lipinski definition) is 4. The molecule has 0 bridgehead atoms. The SMILES string of the molecule is CN(C)[C@@H]1C(=O)C(C(N)=O)C(=O)[C@@]2(O)C(=O)C3C(=O)c4c(O)cc(CNCC5CCCC5)c(C(F)(F)F)c4C[C@H]3C[C@@H]12. The lowest BCUT2D eigenvalue weighted by atomic mass is 9.52. The Morgan fingerprint density at radius 1 is 1.14 bits per heavy atom. The summed E-state index contributed by atoms with van der Waals surface area (Å²) < 4.78 is 43.7. The number of hydrogen-bond acceptors (Lipinski definition) is 9. The van der Waals surface area contributed by atoms with Crippen molar-refractivity contribution >= 4 is 29.0 Å². The number of benzene rings is 1. The third-order valence-corrected chi connectivity index (χ3v) is 9.65. The summed E-state index contributed by atoms with van der Waals surface area (Å²) >= 11 is 0. The Hall–Kier alpha value is -3.16. The molecule has 0 heterocycles. The third kappa shape index (κ3) is 4.56. The summed E-state index contributed by atoms with van der Waals surface area (Å²) in [6, 6.07) is -0.463. The third-order valence-electron chi connectivity index (χ3n) is 9.65. The van der Waals surface area contributed by atoms with Gasteiger partial charge in [0.15, 0.2) is 34.7 Å². The maximum absolute atomic E-state index is 14.6. The van der Waals surface area contributed by atoms with E-state index in [0.717, 1.165) is 31.7 Å². The van der Waals surface area contributed by atoms with Crippen LogP contribution in [0.25, 0.3) is 0 Å². The topological polar surface area (TPSA) is 167 Å². The maximum Gasteiger partial charge on any atom is 0.417 e. The first kappa shape index (κ1) is 30.3. The smallest absolute Gasteiger partial charge is 0.417 e. The largest absolute Gasteiger partial charge is 0.507 e. The Morgan fingerprint density at radius 3 is 2.36 bits per heavy atom. The minimum absolute atomic E-state index is 0.198. The number of nitrogens with zero attached hydrogens (tertiary/aromatic N) is 1. The van der Waals surface area contributed by atoms with Crippen molar-refractivity contribution in [3.05, 3.63) is 28.3 Å². The van der Waals surface area contributed by atoms with Gasteiger partial charge in [-0.05, 0) is 75.4 Å². The van der Waals surface area contributed by atoms with Gasteiger partial charge >= 0.3 is 6.18 Å².